The number of carbonyl (C=O) groups excluding carboxylic acids is 1. The highest BCUT2D eigenvalue weighted by atomic mass is 32.1. The number of benzene rings is 3. The van der Waals surface area contributed by atoms with E-state index < -0.39 is 0 Å². The van der Waals surface area contributed by atoms with Crippen molar-refractivity contribution in [2.45, 2.75) is 19.3 Å². The third-order valence-electron chi connectivity index (χ3n) is 5.00. The molecule has 0 bridgehead atoms. The molecule has 1 heterocycles. The topological polar surface area (TPSA) is 54.0 Å². The summed E-state index contributed by atoms with van der Waals surface area (Å²) in [6, 6.07) is 28.9. The molecule has 2 amide bonds. The predicted molar refractivity (Wildman–Crippen MR) is 129 cm³/mol. The van der Waals surface area contributed by atoms with Crippen LogP contribution in [-0.4, -0.2) is 17.6 Å². The van der Waals surface area contributed by atoms with E-state index in [2.05, 4.69) is 76.3 Å². The number of hydrogen-bond acceptors (Lipinski definition) is 3. The smallest absolute Gasteiger partial charge is 0.321 e. The molecule has 0 fully saturated rings. The Morgan fingerprint density at radius 3 is 2.16 bits per heavy atom. The number of thiazole rings is 1. The molecule has 0 saturated heterocycles. The Labute approximate surface area is 187 Å². The van der Waals surface area contributed by atoms with Crippen molar-refractivity contribution >= 4 is 22.5 Å². The summed E-state index contributed by atoms with van der Waals surface area (Å²) in [4.78, 5) is 16.7. The number of anilines is 1. The van der Waals surface area contributed by atoms with Gasteiger partial charge >= 0.3 is 6.03 Å². The molecule has 0 spiro atoms. The third-order valence-corrected chi connectivity index (χ3v) is 5.75. The van der Waals surface area contributed by atoms with Crippen LogP contribution in [0.25, 0.3) is 11.3 Å². The van der Waals surface area contributed by atoms with Crippen molar-refractivity contribution in [1.29, 1.82) is 0 Å². The van der Waals surface area contributed by atoms with Gasteiger partial charge in [-0.25, -0.2) is 9.78 Å². The first-order valence-electron chi connectivity index (χ1n) is 10.4. The zero-order chi connectivity index (χ0) is 21.3. The zero-order valence-corrected chi connectivity index (χ0v) is 18.1. The summed E-state index contributed by atoms with van der Waals surface area (Å²) >= 11 is 1.43. The normalized spacial score (nSPS) is 10.6. The summed E-state index contributed by atoms with van der Waals surface area (Å²) in [6.07, 6.45) is 2.76. The summed E-state index contributed by atoms with van der Waals surface area (Å²) < 4.78 is 0. The van der Waals surface area contributed by atoms with E-state index in [1.54, 1.807) is 0 Å². The van der Waals surface area contributed by atoms with Crippen LogP contribution in [0.5, 0.6) is 0 Å². The van der Waals surface area contributed by atoms with Gasteiger partial charge in [0.25, 0.3) is 0 Å². The van der Waals surface area contributed by atoms with Gasteiger partial charge < -0.3 is 5.32 Å². The van der Waals surface area contributed by atoms with Crippen LogP contribution in [0.4, 0.5) is 9.93 Å². The van der Waals surface area contributed by atoms with E-state index in [4.69, 9.17) is 0 Å². The fraction of sp³-hybridized carbons (Fsp3) is 0.154. The maximum atomic E-state index is 12.1. The highest BCUT2D eigenvalue weighted by molar-refractivity contribution is 7.14. The number of amides is 2. The number of aryl methyl sites for hydroxylation is 1. The first kappa shape index (κ1) is 20.8. The molecule has 4 nitrogen and oxygen atoms in total. The van der Waals surface area contributed by atoms with Crippen molar-refractivity contribution in [2.24, 2.45) is 0 Å². The number of rotatable bonds is 8. The minimum atomic E-state index is -0.216. The van der Waals surface area contributed by atoms with E-state index in [9.17, 15) is 4.79 Å². The van der Waals surface area contributed by atoms with Gasteiger partial charge in [-0.3, -0.25) is 5.32 Å². The van der Waals surface area contributed by atoms with Gasteiger partial charge in [0.2, 0.25) is 0 Å². The van der Waals surface area contributed by atoms with E-state index in [0.29, 0.717) is 11.7 Å². The maximum Gasteiger partial charge on any atom is 0.321 e. The predicted octanol–water partition coefficient (Wildman–Crippen LogP) is 6.16. The van der Waals surface area contributed by atoms with Crippen LogP contribution in [0.15, 0.2) is 90.3 Å². The summed E-state index contributed by atoms with van der Waals surface area (Å²) in [5.74, 6) is 0. The summed E-state index contributed by atoms with van der Waals surface area (Å²) in [5.41, 5.74) is 5.76. The Kier molecular flexibility index (Phi) is 7.08. The Morgan fingerprint density at radius 2 is 1.45 bits per heavy atom. The van der Waals surface area contributed by atoms with Crippen LogP contribution in [-0.2, 0) is 12.8 Å². The largest absolute Gasteiger partial charge is 0.338 e. The van der Waals surface area contributed by atoms with E-state index >= 15 is 0 Å². The lowest BCUT2D eigenvalue weighted by atomic mass is 10.0. The standard InChI is InChI=1S/C26H25N3OS/c30-25(27-17-7-12-20-8-3-1-4-9-20)29-26-28-24(19-31-26)23-15-13-22(14-16-23)18-21-10-5-2-6-11-21/h1-6,8-11,13-16,19H,7,12,17-18H2,(H2,27,28,29,30). The highest BCUT2D eigenvalue weighted by Gasteiger charge is 2.08. The SMILES string of the molecule is O=C(NCCCc1ccccc1)Nc1nc(-c2ccc(Cc3ccccc3)cc2)cs1. The number of aromatic nitrogens is 1. The molecule has 2 N–H and O–H groups in total. The first-order chi connectivity index (χ1) is 15.3. The van der Waals surface area contributed by atoms with Gasteiger partial charge in [0.05, 0.1) is 5.69 Å². The van der Waals surface area contributed by atoms with Crippen molar-refractivity contribution in [3.8, 4) is 11.3 Å². The van der Waals surface area contributed by atoms with Crippen molar-refractivity contribution in [3.05, 3.63) is 107 Å². The maximum absolute atomic E-state index is 12.1. The number of urea groups is 1. The fourth-order valence-corrected chi connectivity index (χ4v) is 4.08. The molecular weight excluding hydrogens is 402 g/mol. The third kappa shape index (κ3) is 6.27. The molecular formula is C26H25N3OS. The molecule has 4 aromatic rings. The van der Waals surface area contributed by atoms with Crippen molar-refractivity contribution in [1.82, 2.24) is 10.3 Å². The number of hydrogen-bond donors (Lipinski definition) is 2. The van der Waals surface area contributed by atoms with E-state index in [-0.39, 0.29) is 6.03 Å². The van der Waals surface area contributed by atoms with Gasteiger partial charge in [0.1, 0.15) is 0 Å². The van der Waals surface area contributed by atoms with Gasteiger partial charge in [-0.15, -0.1) is 11.3 Å². The second-order valence-electron chi connectivity index (χ2n) is 7.37. The Bertz CT molecular complexity index is 1090. The number of carbonyl (C=O) groups is 1. The number of nitrogens with zero attached hydrogens (tertiary/aromatic N) is 1. The van der Waals surface area contributed by atoms with Crippen molar-refractivity contribution < 1.29 is 4.79 Å². The molecule has 0 atom stereocenters. The molecule has 3 aromatic carbocycles. The lowest BCUT2D eigenvalue weighted by Gasteiger charge is -2.05. The Hall–Kier alpha value is -3.44. The monoisotopic (exact) mass is 427 g/mol. The van der Waals surface area contributed by atoms with Crippen LogP contribution in [0.3, 0.4) is 0 Å². The fourth-order valence-electron chi connectivity index (χ4n) is 3.37. The van der Waals surface area contributed by atoms with Gasteiger partial charge in [-0.1, -0.05) is 84.9 Å². The molecule has 156 valence electrons. The second-order valence-corrected chi connectivity index (χ2v) is 8.23. The molecule has 0 saturated carbocycles. The van der Waals surface area contributed by atoms with Crippen LogP contribution in [0, 0.1) is 0 Å². The van der Waals surface area contributed by atoms with E-state index in [1.807, 2.05) is 29.6 Å². The highest BCUT2D eigenvalue weighted by Crippen LogP contribution is 2.25. The van der Waals surface area contributed by atoms with E-state index in [1.165, 1.54) is 28.0 Å². The van der Waals surface area contributed by atoms with Crippen LogP contribution >= 0.6 is 11.3 Å². The quantitative estimate of drug-likeness (QED) is 0.331. The average molecular weight is 428 g/mol. The number of nitrogens with one attached hydrogen (secondary N) is 2. The zero-order valence-electron chi connectivity index (χ0n) is 17.3. The lowest BCUT2D eigenvalue weighted by molar-refractivity contribution is 0.252. The van der Waals surface area contributed by atoms with Crippen LogP contribution < -0.4 is 10.6 Å². The second kappa shape index (κ2) is 10.5. The molecule has 0 aliphatic rings. The van der Waals surface area contributed by atoms with E-state index in [0.717, 1.165) is 30.5 Å². The molecule has 0 unspecified atom stereocenters. The van der Waals surface area contributed by atoms with Gasteiger partial charge in [0, 0.05) is 17.5 Å². The summed E-state index contributed by atoms with van der Waals surface area (Å²) in [6.45, 7) is 0.627. The minimum Gasteiger partial charge on any atom is -0.338 e. The Morgan fingerprint density at radius 1 is 0.806 bits per heavy atom. The van der Waals surface area contributed by atoms with Crippen LogP contribution in [0.1, 0.15) is 23.1 Å². The van der Waals surface area contributed by atoms with Gasteiger partial charge in [0.15, 0.2) is 5.13 Å². The molecule has 1 aromatic heterocycles. The average Bonchev–Trinajstić information content (AvgIpc) is 3.27. The van der Waals surface area contributed by atoms with Crippen LogP contribution in [0.2, 0.25) is 0 Å². The Balaban J connectivity index is 1.25. The molecule has 0 aliphatic carbocycles. The van der Waals surface area contributed by atoms with Gasteiger partial charge in [-0.05, 0) is 36.0 Å². The molecule has 4 rings (SSSR count). The van der Waals surface area contributed by atoms with Crippen molar-refractivity contribution in [2.75, 3.05) is 11.9 Å². The molecule has 0 aliphatic heterocycles. The van der Waals surface area contributed by atoms with Gasteiger partial charge in [-0.2, -0.15) is 0 Å². The molecule has 0 radical (unpaired) electrons. The minimum absolute atomic E-state index is 0.216. The first-order valence-corrected chi connectivity index (χ1v) is 11.3. The van der Waals surface area contributed by atoms with Crippen molar-refractivity contribution in [3.63, 3.8) is 0 Å². The molecule has 5 heteroatoms. The molecule has 31 heavy (non-hydrogen) atoms. The summed E-state index contributed by atoms with van der Waals surface area (Å²) in [5, 5.41) is 8.30. The summed E-state index contributed by atoms with van der Waals surface area (Å²) in [7, 11) is 0. The lowest BCUT2D eigenvalue weighted by Crippen LogP contribution is -2.29.